The molecule has 4 nitrogen and oxygen atoms in total. The van der Waals surface area contributed by atoms with E-state index in [4.69, 9.17) is 4.74 Å². The van der Waals surface area contributed by atoms with Crippen LogP contribution in [0, 0.1) is 0 Å². The number of ether oxygens (including phenoxy) is 1. The van der Waals surface area contributed by atoms with Crippen LogP contribution in [0.3, 0.4) is 0 Å². The zero-order chi connectivity index (χ0) is 15.2. The molecular weight excluding hydrogens is 254 g/mol. The predicted molar refractivity (Wildman–Crippen MR) is 79.7 cm³/mol. The summed E-state index contributed by atoms with van der Waals surface area (Å²) < 4.78 is 4.93. The Morgan fingerprint density at radius 3 is 2.50 bits per heavy atom. The molecular formula is C16H25NO3. The summed E-state index contributed by atoms with van der Waals surface area (Å²) in [5.74, 6) is 0.0128. The van der Waals surface area contributed by atoms with Gasteiger partial charge in [-0.3, -0.25) is 10.1 Å². The molecule has 1 aromatic rings. The number of aryl methyl sites for hydroxylation is 1. The molecule has 0 fully saturated rings. The number of nitrogens with one attached hydrogen (secondary N) is 1. The van der Waals surface area contributed by atoms with Crippen molar-refractivity contribution in [2.24, 2.45) is 0 Å². The minimum absolute atomic E-state index is 0.239. The van der Waals surface area contributed by atoms with Gasteiger partial charge >= 0.3 is 5.97 Å². The van der Waals surface area contributed by atoms with Gasteiger partial charge in [-0.1, -0.05) is 19.1 Å². The summed E-state index contributed by atoms with van der Waals surface area (Å²) in [4.78, 5) is 12.0. The molecule has 2 unspecified atom stereocenters. The molecule has 2 N–H and O–H groups in total. The minimum Gasteiger partial charge on any atom is -0.508 e. The van der Waals surface area contributed by atoms with Crippen molar-refractivity contribution < 1.29 is 14.6 Å². The molecule has 0 radical (unpaired) electrons. The second kappa shape index (κ2) is 7.29. The van der Waals surface area contributed by atoms with E-state index in [0.717, 1.165) is 18.4 Å². The Hall–Kier alpha value is -1.55. The van der Waals surface area contributed by atoms with Crippen molar-refractivity contribution >= 4 is 5.97 Å². The smallest absolute Gasteiger partial charge is 0.325 e. The predicted octanol–water partition coefficient (Wildman–Crippen LogP) is 2.64. The van der Waals surface area contributed by atoms with Gasteiger partial charge in [-0.2, -0.15) is 0 Å². The van der Waals surface area contributed by atoms with Gasteiger partial charge in [0.1, 0.15) is 11.3 Å². The summed E-state index contributed by atoms with van der Waals surface area (Å²) in [6.45, 7) is 6.02. The summed E-state index contributed by atoms with van der Waals surface area (Å²) in [7, 11) is 1.42. The minimum atomic E-state index is -0.692. The lowest BCUT2D eigenvalue weighted by Crippen LogP contribution is -2.53. The number of rotatable bonds is 7. The molecule has 112 valence electrons. The van der Waals surface area contributed by atoms with Gasteiger partial charge in [0, 0.05) is 6.04 Å². The van der Waals surface area contributed by atoms with Crippen LogP contribution in [0.2, 0.25) is 0 Å². The van der Waals surface area contributed by atoms with Crippen molar-refractivity contribution in [2.45, 2.75) is 51.6 Å². The van der Waals surface area contributed by atoms with E-state index in [1.807, 2.05) is 19.1 Å². The Labute approximate surface area is 121 Å². The number of methoxy groups -OCH3 is 1. The van der Waals surface area contributed by atoms with Crippen LogP contribution in [0.5, 0.6) is 5.75 Å². The van der Waals surface area contributed by atoms with E-state index in [2.05, 4.69) is 19.2 Å². The van der Waals surface area contributed by atoms with Gasteiger partial charge in [0.25, 0.3) is 0 Å². The molecule has 4 heteroatoms. The third-order valence-electron chi connectivity index (χ3n) is 3.66. The number of esters is 1. The van der Waals surface area contributed by atoms with E-state index in [1.165, 1.54) is 7.11 Å². The molecule has 0 aliphatic rings. The van der Waals surface area contributed by atoms with E-state index in [0.29, 0.717) is 6.42 Å². The van der Waals surface area contributed by atoms with Gasteiger partial charge in [-0.15, -0.1) is 0 Å². The molecule has 0 saturated carbocycles. The Morgan fingerprint density at radius 1 is 1.40 bits per heavy atom. The zero-order valence-corrected chi connectivity index (χ0v) is 12.8. The lowest BCUT2D eigenvalue weighted by Gasteiger charge is -2.31. The first-order valence-electron chi connectivity index (χ1n) is 7.05. The van der Waals surface area contributed by atoms with Crippen LogP contribution in [0.15, 0.2) is 24.3 Å². The molecule has 0 heterocycles. The van der Waals surface area contributed by atoms with Crippen molar-refractivity contribution in [3.05, 3.63) is 29.8 Å². The number of carbonyl (C=O) groups excluding carboxylic acids is 1. The molecule has 0 aromatic heterocycles. The Kier molecular flexibility index (Phi) is 6.02. The van der Waals surface area contributed by atoms with Crippen LogP contribution >= 0.6 is 0 Å². The zero-order valence-electron chi connectivity index (χ0n) is 12.8. The molecule has 0 aliphatic heterocycles. The van der Waals surface area contributed by atoms with Gasteiger partial charge in [0.05, 0.1) is 7.11 Å². The van der Waals surface area contributed by atoms with Gasteiger partial charge in [0.15, 0.2) is 0 Å². The number of benzene rings is 1. The third kappa shape index (κ3) is 4.53. The molecule has 2 atom stereocenters. The van der Waals surface area contributed by atoms with E-state index in [-0.39, 0.29) is 17.8 Å². The SMILES string of the molecule is CCC(C)NC(C)(CCc1ccc(O)cc1)C(=O)OC. The molecule has 20 heavy (non-hydrogen) atoms. The number of hydrogen-bond acceptors (Lipinski definition) is 4. The van der Waals surface area contributed by atoms with Crippen molar-refractivity contribution in [1.82, 2.24) is 5.32 Å². The van der Waals surface area contributed by atoms with Crippen molar-refractivity contribution in [1.29, 1.82) is 0 Å². The summed E-state index contributed by atoms with van der Waals surface area (Å²) >= 11 is 0. The number of phenolic OH excluding ortho intramolecular Hbond substituents is 1. The highest BCUT2D eigenvalue weighted by Crippen LogP contribution is 2.19. The first kappa shape index (κ1) is 16.5. The Morgan fingerprint density at radius 2 is 2.00 bits per heavy atom. The number of carbonyl (C=O) groups is 1. The molecule has 0 spiro atoms. The molecule has 1 rings (SSSR count). The first-order chi connectivity index (χ1) is 9.41. The summed E-state index contributed by atoms with van der Waals surface area (Å²) in [6, 6.07) is 7.31. The molecule has 0 bridgehead atoms. The summed E-state index contributed by atoms with van der Waals surface area (Å²) in [5.41, 5.74) is 0.395. The fraction of sp³-hybridized carbons (Fsp3) is 0.562. The van der Waals surface area contributed by atoms with Gasteiger partial charge in [-0.25, -0.2) is 0 Å². The maximum Gasteiger partial charge on any atom is 0.325 e. The average Bonchev–Trinajstić information content (AvgIpc) is 2.45. The highest BCUT2D eigenvalue weighted by molar-refractivity contribution is 5.80. The lowest BCUT2D eigenvalue weighted by atomic mass is 9.92. The monoisotopic (exact) mass is 279 g/mol. The lowest BCUT2D eigenvalue weighted by molar-refractivity contribution is -0.148. The van der Waals surface area contributed by atoms with E-state index in [9.17, 15) is 9.90 Å². The number of phenols is 1. The fourth-order valence-corrected chi connectivity index (χ4v) is 2.16. The van der Waals surface area contributed by atoms with Gasteiger partial charge in [-0.05, 0) is 50.8 Å². The highest BCUT2D eigenvalue weighted by atomic mass is 16.5. The first-order valence-corrected chi connectivity index (χ1v) is 7.05. The fourth-order valence-electron chi connectivity index (χ4n) is 2.16. The van der Waals surface area contributed by atoms with E-state index >= 15 is 0 Å². The van der Waals surface area contributed by atoms with Crippen LogP contribution in [-0.2, 0) is 16.0 Å². The maximum absolute atomic E-state index is 12.0. The topological polar surface area (TPSA) is 58.6 Å². The van der Waals surface area contributed by atoms with Crippen LogP contribution in [-0.4, -0.2) is 29.8 Å². The Bertz CT molecular complexity index is 430. The third-order valence-corrected chi connectivity index (χ3v) is 3.66. The quantitative estimate of drug-likeness (QED) is 0.753. The normalized spacial score (nSPS) is 15.4. The summed E-state index contributed by atoms with van der Waals surface area (Å²) in [5, 5.41) is 12.6. The maximum atomic E-state index is 12.0. The average molecular weight is 279 g/mol. The Balaban J connectivity index is 2.74. The van der Waals surface area contributed by atoms with Crippen LogP contribution in [0.4, 0.5) is 0 Å². The number of hydrogen-bond donors (Lipinski definition) is 2. The molecule has 1 aromatic carbocycles. The summed E-state index contributed by atoms with van der Waals surface area (Å²) in [6.07, 6.45) is 2.34. The van der Waals surface area contributed by atoms with Crippen molar-refractivity contribution in [3.63, 3.8) is 0 Å². The molecule has 0 saturated heterocycles. The van der Waals surface area contributed by atoms with Crippen molar-refractivity contribution in [3.8, 4) is 5.75 Å². The van der Waals surface area contributed by atoms with Gasteiger partial charge < -0.3 is 9.84 Å². The highest BCUT2D eigenvalue weighted by Gasteiger charge is 2.34. The van der Waals surface area contributed by atoms with Gasteiger partial charge in [0.2, 0.25) is 0 Å². The largest absolute Gasteiger partial charge is 0.508 e. The molecule has 0 amide bonds. The van der Waals surface area contributed by atoms with E-state index in [1.54, 1.807) is 12.1 Å². The van der Waals surface area contributed by atoms with E-state index < -0.39 is 5.54 Å². The van der Waals surface area contributed by atoms with Crippen LogP contribution < -0.4 is 5.32 Å². The molecule has 0 aliphatic carbocycles. The van der Waals surface area contributed by atoms with Crippen LogP contribution in [0.1, 0.15) is 39.2 Å². The number of aromatic hydroxyl groups is 1. The standard InChI is InChI=1S/C16H25NO3/c1-5-12(2)17-16(3,15(19)20-4)11-10-13-6-8-14(18)9-7-13/h6-9,12,17-18H,5,10-11H2,1-4H3. The second-order valence-corrected chi connectivity index (χ2v) is 5.44. The second-order valence-electron chi connectivity index (χ2n) is 5.44. The van der Waals surface area contributed by atoms with Crippen molar-refractivity contribution in [2.75, 3.05) is 7.11 Å². The van der Waals surface area contributed by atoms with Crippen LogP contribution in [0.25, 0.3) is 0 Å².